The molecule has 0 spiro atoms. The van der Waals surface area contributed by atoms with Gasteiger partial charge in [-0.2, -0.15) is 0 Å². The molecule has 2 atom stereocenters. The lowest BCUT2D eigenvalue weighted by Gasteiger charge is -2.18. The molecule has 0 unspecified atom stereocenters. The minimum atomic E-state index is -0.506. The molecule has 0 saturated carbocycles. The number of hydrogen-bond acceptors (Lipinski definition) is 3. The van der Waals surface area contributed by atoms with Crippen LogP contribution in [-0.4, -0.2) is 18.5 Å². The minimum Gasteiger partial charge on any atom is -0.369 e. The molecule has 0 fully saturated rings. The van der Waals surface area contributed by atoms with Crippen molar-refractivity contribution < 1.29 is 14.3 Å². The number of carbonyl (C=O) groups excluding carboxylic acids is 1. The largest absolute Gasteiger partial charge is 0.369 e. The van der Waals surface area contributed by atoms with Crippen molar-refractivity contribution in [2.75, 3.05) is 0 Å². The third-order valence-electron chi connectivity index (χ3n) is 3.49. The fourth-order valence-electron chi connectivity index (χ4n) is 2.18. The van der Waals surface area contributed by atoms with Crippen molar-refractivity contribution in [3.63, 3.8) is 0 Å². The van der Waals surface area contributed by atoms with Gasteiger partial charge in [-0.15, -0.1) is 6.58 Å². The van der Waals surface area contributed by atoms with E-state index < -0.39 is 6.10 Å². The third-order valence-corrected chi connectivity index (χ3v) is 3.49. The Balaban J connectivity index is 1.80. The highest BCUT2D eigenvalue weighted by Crippen LogP contribution is 2.12. The van der Waals surface area contributed by atoms with Crippen LogP contribution in [0, 0.1) is 0 Å². The fourth-order valence-corrected chi connectivity index (χ4v) is 2.18. The van der Waals surface area contributed by atoms with E-state index in [2.05, 4.69) is 6.58 Å². The predicted molar refractivity (Wildman–Crippen MR) is 90.9 cm³/mol. The van der Waals surface area contributed by atoms with Crippen LogP contribution in [0.15, 0.2) is 73.3 Å². The molecule has 0 bridgehead atoms. The molecule has 0 aliphatic heterocycles. The normalized spacial score (nSPS) is 13.2. The standard InChI is InChI=1S/C20H22O3/c1-2-19(22-15-17-9-5-3-6-10-17)13-20(14-21)23-16-18-11-7-4-8-12-18/h2-12,14,19-20H,1,13,15-16H2/t19-,20+/m1/s1. The van der Waals surface area contributed by atoms with Crippen LogP contribution in [0.3, 0.4) is 0 Å². The number of rotatable bonds is 10. The highest BCUT2D eigenvalue weighted by molar-refractivity contribution is 5.56. The van der Waals surface area contributed by atoms with Gasteiger partial charge in [-0.1, -0.05) is 66.7 Å². The Morgan fingerprint density at radius 3 is 1.74 bits per heavy atom. The van der Waals surface area contributed by atoms with Crippen molar-refractivity contribution in [3.8, 4) is 0 Å². The first-order valence-corrected chi connectivity index (χ1v) is 7.70. The molecule has 0 radical (unpaired) electrons. The van der Waals surface area contributed by atoms with E-state index in [0.717, 1.165) is 17.4 Å². The summed E-state index contributed by atoms with van der Waals surface area (Å²) in [5, 5.41) is 0. The molecule has 2 aromatic carbocycles. The molecule has 0 aliphatic rings. The maximum atomic E-state index is 11.2. The Morgan fingerprint density at radius 2 is 1.30 bits per heavy atom. The zero-order valence-electron chi connectivity index (χ0n) is 13.1. The number of hydrogen-bond donors (Lipinski definition) is 0. The SMILES string of the molecule is C=C[C@H](C[C@@H](C=O)OCc1ccccc1)OCc1ccccc1. The van der Waals surface area contributed by atoms with Crippen LogP contribution in [0.5, 0.6) is 0 Å². The van der Waals surface area contributed by atoms with Crippen molar-refractivity contribution in [1.29, 1.82) is 0 Å². The lowest BCUT2D eigenvalue weighted by Crippen LogP contribution is -2.23. The van der Waals surface area contributed by atoms with Crippen LogP contribution >= 0.6 is 0 Å². The zero-order valence-corrected chi connectivity index (χ0v) is 13.1. The molecule has 0 heterocycles. The Bertz CT molecular complexity index is 527. The van der Waals surface area contributed by atoms with Gasteiger partial charge < -0.3 is 14.3 Å². The summed E-state index contributed by atoms with van der Waals surface area (Å²) < 4.78 is 11.5. The molecule has 0 aliphatic carbocycles. The summed E-state index contributed by atoms with van der Waals surface area (Å²) in [4.78, 5) is 11.2. The lowest BCUT2D eigenvalue weighted by atomic mass is 10.1. The molecule has 2 rings (SSSR count). The molecule has 0 amide bonds. The maximum Gasteiger partial charge on any atom is 0.148 e. The van der Waals surface area contributed by atoms with Crippen LogP contribution in [0.1, 0.15) is 17.5 Å². The van der Waals surface area contributed by atoms with Gasteiger partial charge in [0.1, 0.15) is 12.4 Å². The first-order valence-electron chi connectivity index (χ1n) is 7.70. The Morgan fingerprint density at radius 1 is 0.826 bits per heavy atom. The molecule has 120 valence electrons. The summed E-state index contributed by atoms with van der Waals surface area (Å²) in [5.74, 6) is 0. The molecule has 0 saturated heterocycles. The summed E-state index contributed by atoms with van der Waals surface area (Å²) in [5.41, 5.74) is 2.13. The molecule has 0 aromatic heterocycles. The van der Waals surface area contributed by atoms with Crippen LogP contribution in [0.4, 0.5) is 0 Å². The minimum absolute atomic E-state index is 0.221. The van der Waals surface area contributed by atoms with Crippen LogP contribution in [-0.2, 0) is 27.5 Å². The van der Waals surface area contributed by atoms with Gasteiger partial charge in [0.2, 0.25) is 0 Å². The van der Waals surface area contributed by atoms with E-state index >= 15 is 0 Å². The van der Waals surface area contributed by atoms with Crippen LogP contribution in [0.2, 0.25) is 0 Å². The third kappa shape index (κ3) is 6.19. The second-order valence-corrected chi connectivity index (χ2v) is 5.28. The number of aldehydes is 1. The van der Waals surface area contributed by atoms with E-state index in [9.17, 15) is 4.79 Å². The van der Waals surface area contributed by atoms with Crippen LogP contribution < -0.4 is 0 Å². The smallest absolute Gasteiger partial charge is 0.148 e. The maximum absolute atomic E-state index is 11.2. The summed E-state index contributed by atoms with van der Waals surface area (Å²) in [6, 6.07) is 19.7. The van der Waals surface area contributed by atoms with Crippen molar-refractivity contribution in [2.45, 2.75) is 31.8 Å². The van der Waals surface area contributed by atoms with Gasteiger partial charge in [0.05, 0.1) is 19.3 Å². The van der Waals surface area contributed by atoms with Gasteiger partial charge in [0.25, 0.3) is 0 Å². The van der Waals surface area contributed by atoms with Crippen molar-refractivity contribution in [3.05, 3.63) is 84.4 Å². The van der Waals surface area contributed by atoms with Gasteiger partial charge >= 0.3 is 0 Å². The lowest BCUT2D eigenvalue weighted by molar-refractivity contribution is -0.121. The monoisotopic (exact) mass is 310 g/mol. The Hall–Kier alpha value is -2.23. The summed E-state index contributed by atoms with van der Waals surface area (Å²) in [6.07, 6.45) is 2.28. The summed E-state index contributed by atoms with van der Waals surface area (Å²) >= 11 is 0. The first-order chi connectivity index (χ1) is 11.3. The average molecular weight is 310 g/mol. The van der Waals surface area contributed by atoms with E-state index in [1.54, 1.807) is 6.08 Å². The second-order valence-electron chi connectivity index (χ2n) is 5.28. The predicted octanol–water partition coefficient (Wildman–Crippen LogP) is 3.93. The molecule has 0 N–H and O–H groups in total. The fraction of sp³-hybridized carbons (Fsp3) is 0.250. The van der Waals surface area contributed by atoms with Crippen molar-refractivity contribution in [2.24, 2.45) is 0 Å². The van der Waals surface area contributed by atoms with Gasteiger partial charge in [-0.25, -0.2) is 0 Å². The van der Waals surface area contributed by atoms with E-state index in [1.807, 2.05) is 60.7 Å². The van der Waals surface area contributed by atoms with E-state index in [-0.39, 0.29) is 6.10 Å². The first kappa shape index (κ1) is 17.1. The van der Waals surface area contributed by atoms with Gasteiger partial charge in [-0.05, 0) is 11.1 Å². The second kappa shape index (κ2) is 9.72. The van der Waals surface area contributed by atoms with Crippen molar-refractivity contribution in [1.82, 2.24) is 0 Å². The average Bonchev–Trinajstić information content (AvgIpc) is 2.63. The summed E-state index contributed by atoms with van der Waals surface area (Å²) in [7, 11) is 0. The van der Waals surface area contributed by atoms with E-state index in [0.29, 0.717) is 19.6 Å². The number of carbonyl (C=O) groups is 1. The highest BCUT2D eigenvalue weighted by Gasteiger charge is 2.15. The Labute approximate surface area is 137 Å². The highest BCUT2D eigenvalue weighted by atomic mass is 16.5. The quantitative estimate of drug-likeness (QED) is 0.493. The molecule has 23 heavy (non-hydrogen) atoms. The Kier molecular flexibility index (Phi) is 7.24. The molecule has 2 aromatic rings. The molecular formula is C20H22O3. The zero-order chi connectivity index (χ0) is 16.3. The van der Waals surface area contributed by atoms with Crippen LogP contribution in [0.25, 0.3) is 0 Å². The van der Waals surface area contributed by atoms with Gasteiger partial charge in [0.15, 0.2) is 0 Å². The summed E-state index contributed by atoms with van der Waals surface area (Å²) in [6.45, 7) is 4.68. The van der Waals surface area contributed by atoms with E-state index in [4.69, 9.17) is 9.47 Å². The number of benzene rings is 2. The van der Waals surface area contributed by atoms with Gasteiger partial charge in [-0.3, -0.25) is 0 Å². The van der Waals surface area contributed by atoms with Crippen molar-refractivity contribution >= 4 is 6.29 Å². The molecule has 3 heteroatoms. The molecular weight excluding hydrogens is 288 g/mol. The van der Waals surface area contributed by atoms with Gasteiger partial charge in [0, 0.05) is 6.42 Å². The number of ether oxygens (including phenoxy) is 2. The van der Waals surface area contributed by atoms with E-state index in [1.165, 1.54) is 0 Å². The topological polar surface area (TPSA) is 35.5 Å². The molecule has 3 nitrogen and oxygen atoms in total.